The molecule has 0 spiro atoms. The molecule has 1 N–H and O–H groups in total. The van der Waals surface area contributed by atoms with Gasteiger partial charge >= 0.3 is 0 Å². The van der Waals surface area contributed by atoms with Crippen LogP contribution in [-0.4, -0.2) is 18.1 Å². The maximum absolute atomic E-state index is 6.12. The highest BCUT2D eigenvalue weighted by Gasteiger charge is 2.10. The summed E-state index contributed by atoms with van der Waals surface area (Å²) in [5.41, 5.74) is 1.31. The molecule has 1 heterocycles. The van der Waals surface area contributed by atoms with Gasteiger partial charge in [0.15, 0.2) is 0 Å². The quantitative estimate of drug-likeness (QED) is 0.767. The SMILES string of the molecule is CCCNCc1cc(OCCC(C)(C)C)ncc1Cl. The fraction of sp³-hybridized carbons (Fsp3) is 0.667. The van der Waals surface area contributed by atoms with Crippen LogP contribution in [0.5, 0.6) is 5.88 Å². The van der Waals surface area contributed by atoms with E-state index >= 15 is 0 Å². The molecule has 0 aromatic carbocycles. The molecule has 0 aliphatic carbocycles. The topological polar surface area (TPSA) is 34.1 Å². The maximum atomic E-state index is 6.12. The van der Waals surface area contributed by atoms with Crippen LogP contribution in [-0.2, 0) is 6.54 Å². The second-order valence-corrected chi connectivity index (χ2v) is 6.36. The van der Waals surface area contributed by atoms with E-state index in [9.17, 15) is 0 Å². The summed E-state index contributed by atoms with van der Waals surface area (Å²) in [5, 5.41) is 4.02. The van der Waals surface area contributed by atoms with Crippen molar-refractivity contribution in [1.82, 2.24) is 10.3 Å². The number of pyridine rings is 1. The highest BCUT2D eigenvalue weighted by atomic mass is 35.5. The Balaban J connectivity index is 2.53. The fourth-order valence-corrected chi connectivity index (χ4v) is 1.70. The molecular weight excluding hydrogens is 260 g/mol. The van der Waals surface area contributed by atoms with Crippen molar-refractivity contribution >= 4 is 11.6 Å². The van der Waals surface area contributed by atoms with Gasteiger partial charge in [-0.25, -0.2) is 4.98 Å². The van der Waals surface area contributed by atoms with Crippen LogP contribution in [0.4, 0.5) is 0 Å². The second-order valence-electron chi connectivity index (χ2n) is 5.95. The molecule has 0 atom stereocenters. The van der Waals surface area contributed by atoms with E-state index in [-0.39, 0.29) is 5.41 Å². The van der Waals surface area contributed by atoms with E-state index in [0.29, 0.717) is 17.5 Å². The van der Waals surface area contributed by atoms with E-state index in [1.807, 2.05) is 6.07 Å². The lowest BCUT2D eigenvalue weighted by Gasteiger charge is -2.18. The Morgan fingerprint density at radius 1 is 1.37 bits per heavy atom. The lowest BCUT2D eigenvalue weighted by molar-refractivity contribution is 0.236. The average Bonchev–Trinajstić information content (AvgIpc) is 2.31. The summed E-state index contributed by atoms with van der Waals surface area (Å²) in [5.74, 6) is 0.655. The molecule has 0 unspecified atom stereocenters. The van der Waals surface area contributed by atoms with Gasteiger partial charge in [0.25, 0.3) is 0 Å². The maximum Gasteiger partial charge on any atom is 0.213 e. The molecule has 1 rings (SSSR count). The van der Waals surface area contributed by atoms with Crippen molar-refractivity contribution in [2.75, 3.05) is 13.2 Å². The molecule has 0 aliphatic rings. The lowest BCUT2D eigenvalue weighted by Crippen LogP contribution is -2.15. The summed E-state index contributed by atoms with van der Waals surface area (Å²) in [6.07, 6.45) is 3.77. The summed E-state index contributed by atoms with van der Waals surface area (Å²) in [6.45, 7) is 11.2. The zero-order valence-electron chi connectivity index (χ0n) is 12.4. The van der Waals surface area contributed by atoms with E-state index in [2.05, 4.69) is 38.0 Å². The molecular formula is C15H25ClN2O. The number of rotatable bonds is 7. The molecule has 1 aromatic heterocycles. The van der Waals surface area contributed by atoms with Crippen LogP contribution >= 0.6 is 11.6 Å². The van der Waals surface area contributed by atoms with Crippen molar-refractivity contribution in [3.05, 3.63) is 22.8 Å². The minimum absolute atomic E-state index is 0.276. The predicted molar refractivity (Wildman–Crippen MR) is 80.8 cm³/mol. The van der Waals surface area contributed by atoms with Gasteiger partial charge in [-0.3, -0.25) is 0 Å². The number of nitrogens with zero attached hydrogens (tertiary/aromatic N) is 1. The van der Waals surface area contributed by atoms with Crippen molar-refractivity contribution in [3.63, 3.8) is 0 Å². The van der Waals surface area contributed by atoms with E-state index in [0.717, 1.165) is 31.5 Å². The highest BCUT2D eigenvalue weighted by Crippen LogP contribution is 2.21. The molecule has 0 radical (unpaired) electrons. The number of hydrogen-bond acceptors (Lipinski definition) is 3. The molecule has 3 nitrogen and oxygen atoms in total. The molecule has 0 amide bonds. The molecule has 19 heavy (non-hydrogen) atoms. The van der Waals surface area contributed by atoms with Crippen LogP contribution in [0.2, 0.25) is 5.02 Å². The first-order chi connectivity index (χ1) is 8.92. The largest absolute Gasteiger partial charge is 0.478 e. The number of halogens is 1. The third-order valence-electron chi connectivity index (χ3n) is 2.75. The summed E-state index contributed by atoms with van der Waals surface area (Å²) < 4.78 is 5.69. The van der Waals surface area contributed by atoms with Crippen LogP contribution < -0.4 is 10.1 Å². The monoisotopic (exact) mass is 284 g/mol. The third-order valence-corrected chi connectivity index (χ3v) is 3.09. The molecule has 0 bridgehead atoms. The Hall–Kier alpha value is -0.800. The first-order valence-electron chi connectivity index (χ1n) is 6.90. The van der Waals surface area contributed by atoms with Crippen LogP contribution in [0, 0.1) is 5.41 Å². The predicted octanol–water partition coefficient (Wildman–Crippen LogP) is 4.05. The van der Waals surface area contributed by atoms with E-state index in [1.165, 1.54) is 0 Å². The standard InChI is InChI=1S/C15H25ClN2O/c1-5-7-17-10-12-9-14(18-11-13(12)16)19-8-6-15(2,3)4/h9,11,17H,5-8,10H2,1-4H3. The van der Waals surface area contributed by atoms with Gasteiger partial charge < -0.3 is 10.1 Å². The fourth-order valence-electron chi connectivity index (χ4n) is 1.53. The first kappa shape index (κ1) is 16.3. The van der Waals surface area contributed by atoms with Gasteiger partial charge in [0.05, 0.1) is 11.6 Å². The van der Waals surface area contributed by atoms with Crippen molar-refractivity contribution < 1.29 is 4.74 Å². The van der Waals surface area contributed by atoms with Crippen molar-refractivity contribution in [2.45, 2.75) is 47.1 Å². The van der Waals surface area contributed by atoms with Gasteiger partial charge in [0.1, 0.15) is 0 Å². The van der Waals surface area contributed by atoms with Gasteiger partial charge in [-0.1, -0.05) is 39.3 Å². The van der Waals surface area contributed by atoms with Crippen LogP contribution in [0.1, 0.15) is 46.1 Å². The second kappa shape index (κ2) is 7.71. The number of aromatic nitrogens is 1. The summed E-state index contributed by atoms with van der Waals surface area (Å²) in [7, 11) is 0. The van der Waals surface area contributed by atoms with E-state index in [1.54, 1.807) is 6.20 Å². The van der Waals surface area contributed by atoms with E-state index in [4.69, 9.17) is 16.3 Å². The van der Waals surface area contributed by atoms with E-state index < -0.39 is 0 Å². The molecule has 0 saturated heterocycles. The Morgan fingerprint density at radius 2 is 2.11 bits per heavy atom. The third kappa shape index (κ3) is 6.79. The smallest absolute Gasteiger partial charge is 0.213 e. The normalized spacial score (nSPS) is 11.6. The average molecular weight is 285 g/mol. The number of hydrogen-bond donors (Lipinski definition) is 1. The summed E-state index contributed by atoms with van der Waals surface area (Å²) in [4.78, 5) is 4.20. The Bertz CT molecular complexity index is 388. The van der Waals surface area contributed by atoms with Crippen LogP contribution in [0.3, 0.4) is 0 Å². The Labute approximate surface area is 121 Å². The molecule has 1 aromatic rings. The van der Waals surface area contributed by atoms with Crippen LogP contribution in [0.25, 0.3) is 0 Å². The number of ether oxygens (including phenoxy) is 1. The zero-order chi connectivity index (χ0) is 14.3. The molecule has 0 aliphatic heterocycles. The van der Waals surface area contributed by atoms with Crippen molar-refractivity contribution in [2.24, 2.45) is 5.41 Å². The molecule has 108 valence electrons. The Morgan fingerprint density at radius 3 is 2.74 bits per heavy atom. The summed E-state index contributed by atoms with van der Waals surface area (Å²) in [6, 6.07) is 1.92. The van der Waals surface area contributed by atoms with Gasteiger partial charge in [-0.15, -0.1) is 0 Å². The molecule has 0 fully saturated rings. The summed E-state index contributed by atoms with van der Waals surface area (Å²) >= 11 is 6.12. The van der Waals surface area contributed by atoms with Crippen molar-refractivity contribution in [1.29, 1.82) is 0 Å². The number of nitrogens with one attached hydrogen (secondary N) is 1. The highest BCUT2D eigenvalue weighted by molar-refractivity contribution is 6.31. The Kier molecular flexibility index (Phi) is 6.59. The van der Waals surface area contributed by atoms with Gasteiger partial charge in [-0.05, 0) is 30.4 Å². The minimum atomic E-state index is 0.276. The molecule has 0 saturated carbocycles. The van der Waals surface area contributed by atoms with Gasteiger partial charge in [-0.2, -0.15) is 0 Å². The van der Waals surface area contributed by atoms with Crippen molar-refractivity contribution in [3.8, 4) is 5.88 Å². The molecule has 4 heteroatoms. The minimum Gasteiger partial charge on any atom is -0.478 e. The van der Waals surface area contributed by atoms with Gasteiger partial charge in [0, 0.05) is 18.8 Å². The van der Waals surface area contributed by atoms with Crippen LogP contribution in [0.15, 0.2) is 12.3 Å². The first-order valence-corrected chi connectivity index (χ1v) is 7.28. The lowest BCUT2D eigenvalue weighted by atomic mass is 9.93. The zero-order valence-corrected chi connectivity index (χ0v) is 13.2. The van der Waals surface area contributed by atoms with Gasteiger partial charge in [0.2, 0.25) is 5.88 Å².